The Labute approximate surface area is 192 Å². The number of tetrazole rings is 1. The smallest absolute Gasteiger partial charge is 0.251 e. The first-order chi connectivity index (χ1) is 16.1. The number of carbonyl (C=O) groups excluding carboxylic acids is 1. The molecule has 0 saturated carbocycles. The highest BCUT2D eigenvalue weighted by Gasteiger charge is 2.31. The highest BCUT2D eigenvalue weighted by Crippen LogP contribution is 2.36. The van der Waals surface area contributed by atoms with Crippen LogP contribution in [-0.2, 0) is 4.79 Å². The summed E-state index contributed by atoms with van der Waals surface area (Å²) < 4.78 is 1.76. The molecule has 5 rings (SSSR count). The molecule has 1 atom stereocenters. The molecule has 7 nitrogen and oxygen atoms in total. The number of rotatable bonds is 5. The lowest BCUT2D eigenvalue weighted by molar-refractivity contribution is -0.114. The fourth-order valence-electron chi connectivity index (χ4n) is 4.03. The van der Waals surface area contributed by atoms with E-state index in [0.29, 0.717) is 5.95 Å². The van der Waals surface area contributed by atoms with Gasteiger partial charge in [-0.1, -0.05) is 83.5 Å². The molecule has 33 heavy (non-hydrogen) atoms. The van der Waals surface area contributed by atoms with Crippen LogP contribution in [0.2, 0.25) is 0 Å². The Balaban J connectivity index is 1.54. The van der Waals surface area contributed by atoms with E-state index in [0.717, 1.165) is 28.1 Å². The van der Waals surface area contributed by atoms with Crippen LogP contribution in [0, 0.1) is 13.8 Å². The van der Waals surface area contributed by atoms with Gasteiger partial charge in [0.25, 0.3) is 5.95 Å². The van der Waals surface area contributed by atoms with Crippen molar-refractivity contribution in [1.82, 2.24) is 20.2 Å². The summed E-state index contributed by atoms with van der Waals surface area (Å²) in [6, 6.07) is 25.9. The van der Waals surface area contributed by atoms with Crippen molar-refractivity contribution in [2.24, 2.45) is 0 Å². The second kappa shape index (κ2) is 8.70. The van der Waals surface area contributed by atoms with Crippen LogP contribution in [0.4, 0.5) is 11.6 Å². The van der Waals surface area contributed by atoms with Gasteiger partial charge in [0.1, 0.15) is 12.6 Å². The molecule has 0 spiro atoms. The van der Waals surface area contributed by atoms with Gasteiger partial charge in [0.15, 0.2) is 0 Å². The predicted molar refractivity (Wildman–Crippen MR) is 129 cm³/mol. The summed E-state index contributed by atoms with van der Waals surface area (Å²) in [5, 5.41) is 15.5. The quantitative estimate of drug-likeness (QED) is 0.503. The summed E-state index contributed by atoms with van der Waals surface area (Å²) in [6.45, 7) is 4.11. The second-order valence-corrected chi connectivity index (χ2v) is 8.15. The third-order valence-corrected chi connectivity index (χ3v) is 5.80. The number of benzene rings is 3. The maximum atomic E-state index is 13.1. The van der Waals surface area contributed by atoms with E-state index in [2.05, 4.69) is 70.2 Å². The molecule has 0 bridgehead atoms. The Kier molecular flexibility index (Phi) is 5.44. The molecule has 2 heterocycles. The predicted octanol–water partition coefficient (Wildman–Crippen LogP) is 4.38. The van der Waals surface area contributed by atoms with Crippen molar-refractivity contribution in [2.45, 2.75) is 19.9 Å². The van der Waals surface area contributed by atoms with Gasteiger partial charge in [-0.3, -0.25) is 9.69 Å². The fraction of sp³-hybridized carbons (Fsp3) is 0.154. The maximum absolute atomic E-state index is 13.1. The molecule has 0 fully saturated rings. The SMILES string of the molecule is Cc1ccc(C2=C[C@H](c3ccccc3)n3nnnc3N2CC(=O)Nc2ccccc2C)cc1. The summed E-state index contributed by atoms with van der Waals surface area (Å²) in [5.74, 6) is 0.386. The number of hydrogen-bond donors (Lipinski definition) is 1. The molecule has 3 aromatic carbocycles. The Hall–Kier alpha value is -4.26. The number of allylic oxidation sites excluding steroid dienone is 1. The summed E-state index contributed by atoms with van der Waals surface area (Å²) >= 11 is 0. The van der Waals surface area contributed by atoms with Crippen LogP contribution in [0.15, 0.2) is 84.9 Å². The molecule has 1 amide bonds. The van der Waals surface area contributed by atoms with Crippen LogP contribution in [-0.4, -0.2) is 32.7 Å². The lowest BCUT2D eigenvalue weighted by Gasteiger charge is -2.32. The Morgan fingerprint density at radius 3 is 2.42 bits per heavy atom. The molecule has 164 valence electrons. The van der Waals surface area contributed by atoms with Gasteiger partial charge < -0.3 is 5.32 Å². The first-order valence-corrected chi connectivity index (χ1v) is 10.8. The van der Waals surface area contributed by atoms with E-state index in [9.17, 15) is 4.79 Å². The zero-order chi connectivity index (χ0) is 22.8. The van der Waals surface area contributed by atoms with E-state index in [1.54, 1.807) is 4.68 Å². The van der Waals surface area contributed by atoms with Gasteiger partial charge in [-0.15, -0.1) is 0 Å². The number of nitrogens with zero attached hydrogens (tertiary/aromatic N) is 5. The van der Waals surface area contributed by atoms with Gasteiger partial charge in [-0.05, 0) is 53.1 Å². The van der Waals surface area contributed by atoms with Gasteiger partial charge in [0.05, 0.1) is 5.70 Å². The number of aromatic nitrogens is 4. The summed E-state index contributed by atoms with van der Waals surface area (Å²) in [4.78, 5) is 15.0. The van der Waals surface area contributed by atoms with Crippen molar-refractivity contribution in [3.05, 3.63) is 107 Å². The zero-order valence-electron chi connectivity index (χ0n) is 18.5. The molecule has 0 unspecified atom stereocenters. The van der Waals surface area contributed by atoms with Crippen molar-refractivity contribution in [1.29, 1.82) is 0 Å². The van der Waals surface area contributed by atoms with E-state index in [1.165, 1.54) is 5.56 Å². The molecular formula is C26H24N6O. The zero-order valence-corrected chi connectivity index (χ0v) is 18.5. The van der Waals surface area contributed by atoms with Crippen molar-refractivity contribution in [2.75, 3.05) is 16.8 Å². The first-order valence-electron chi connectivity index (χ1n) is 10.8. The summed E-state index contributed by atoms with van der Waals surface area (Å²) in [7, 11) is 0. The molecule has 7 heteroatoms. The van der Waals surface area contributed by atoms with Crippen molar-refractivity contribution < 1.29 is 4.79 Å². The number of carbonyl (C=O) groups is 1. The number of amides is 1. The number of para-hydroxylation sites is 1. The standard InChI is InChI=1S/C26H24N6O/c1-18-12-14-21(15-13-18)23-16-24(20-9-4-3-5-10-20)32-26(28-29-30-32)31(23)17-25(33)27-22-11-7-6-8-19(22)2/h3-16,24H,17H2,1-2H3,(H,27,33)/t24-/m1/s1. The Morgan fingerprint density at radius 2 is 1.67 bits per heavy atom. The van der Waals surface area contributed by atoms with Crippen molar-refractivity contribution in [3.8, 4) is 0 Å². The van der Waals surface area contributed by atoms with Crippen molar-refractivity contribution in [3.63, 3.8) is 0 Å². The highest BCUT2D eigenvalue weighted by atomic mass is 16.2. The van der Waals surface area contributed by atoms with E-state index >= 15 is 0 Å². The molecule has 1 aromatic heterocycles. The summed E-state index contributed by atoms with van der Waals surface area (Å²) in [5.41, 5.74) is 5.93. The van der Waals surface area contributed by atoms with Gasteiger partial charge in [0, 0.05) is 5.69 Å². The minimum Gasteiger partial charge on any atom is -0.324 e. The van der Waals surface area contributed by atoms with E-state index in [-0.39, 0.29) is 18.5 Å². The van der Waals surface area contributed by atoms with E-state index in [4.69, 9.17) is 0 Å². The Bertz CT molecular complexity index is 1310. The first kappa shape index (κ1) is 20.6. The van der Waals surface area contributed by atoms with Crippen LogP contribution in [0.3, 0.4) is 0 Å². The molecule has 1 aliphatic rings. The summed E-state index contributed by atoms with van der Waals surface area (Å²) in [6.07, 6.45) is 2.12. The minimum atomic E-state index is -0.178. The number of aryl methyl sites for hydroxylation is 2. The Morgan fingerprint density at radius 1 is 0.939 bits per heavy atom. The number of hydrogen-bond acceptors (Lipinski definition) is 5. The van der Waals surface area contributed by atoms with Crippen LogP contribution >= 0.6 is 0 Å². The van der Waals surface area contributed by atoms with Crippen LogP contribution in [0.1, 0.15) is 28.3 Å². The number of anilines is 2. The molecule has 0 aliphatic carbocycles. The van der Waals surface area contributed by atoms with E-state index < -0.39 is 0 Å². The molecule has 0 saturated heterocycles. The maximum Gasteiger partial charge on any atom is 0.251 e. The second-order valence-electron chi connectivity index (χ2n) is 8.15. The third-order valence-electron chi connectivity index (χ3n) is 5.80. The topological polar surface area (TPSA) is 75.9 Å². The molecule has 1 aliphatic heterocycles. The van der Waals surface area contributed by atoms with Crippen LogP contribution in [0.25, 0.3) is 5.70 Å². The largest absolute Gasteiger partial charge is 0.324 e. The molecule has 0 radical (unpaired) electrons. The van der Waals surface area contributed by atoms with Gasteiger partial charge in [-0.2, -0.15) is 4.68 Å². The lowest BCUT2D eigenvalue weighted by Crippen LogP contribution is -2.37. The van der Waals surface area contributed by atoms with Crippen LogP contribution in [0.5, 0.6) is 0 Å². The lowest BCUT2D eigenvalue weighted by atomic mass is 10.00. The average molecular weight is 437 g/mol. The highest BCUT2D eigenvalue weighted by molar-refractivity contribution is 5.97. The van der Waals surface area contributed by atoms with Gasteiger partial charge in [0.2, 0.25) is 5.91 Å². The van der Waals surface area contributed by atoms with Crippen LogP contribution < -0.4 is 10.2 Å². The van der Waals surface area contributed by atoms with Gasteiger partial charge in [-0.25, -0.2) is 0 Å². The monoisotopic (exact) mass is 436 g/mol. The van der Waals surface area contributed by atoms with E-state index in [1.807, 2.05) is 54.3 Å². The fourth-order valence-corrected chi connectivity index (χ4v) is 4.03. The molecular weight excluding hydrogens is 412 g/mol. The number of nitrogens with one attached hydrogen (secondary N) is 1. The van der Waals surface area contributed by atoms with Crippen molar-refractivity contribution >= 4 is 23.2 Å². The van der Waals surface area contributed by atoms with Gasteiger partial charge >= 0.3 is 0 Å². The minimum absolute atomic E-state index is 0.0793. The normalized spacial score (nSPS) is 15.0. The number of fused-ring (bicyclic) bond motifs is 1. The third kappa shape index (κ3) is 4.13. The molecule has 1 N–H and O–H groups in total. The average Bonchev–Trinajstić information content (AvgIpc) is 3.32. The molecule has 4 aromatic rings.